The predicted octanol–water partition coefficient (Wildman–Crippen LogP) is 4.20. The van der Waals surface area contributed by atoms with E-state index in [1.165, 1.54) is 48.2 Å². The molecule has 1 heterocycles. The Kier molecular flexibility index (Phi) is 6.23. The normalized spacial score (nSPS) is 15.5. The van der Waals surface area contributed by atoms with Crippen LogP contribution >= 0.6 is 11.8 Å². The van der Waals surface area contributed by atoms with Crippen molar-refractivity contribution in [2.24, 2.45) is 0 Å². The van der Waals surface area contributed by atoms with Gasteiger partial charge >= 0.3 is 5.97 Å². The van der Waals surface area contributed by atoms with Crippen LogP contribution in [0.5, 0.6) is 0 Å². The van der Waals surface area contributed by atoms with E-state index >= 15 is 0 Å². The largest absolute Gasteiger partial charge is 0.478 e. The fraction of sp³-hybridized carbons (Fsp3) is 0.0833. The first kappa shape index (κ1) is 22.2. The van der Waals surface area contributed by atoms with Crippen molar-refractivity contribution in [1.29, 1.82) is 0 Å². The van der Waals surface area contributed by atoms with Gasteiger partial charge in [-0.25, -0.2) is 14.1 Å². The average Bonchev–Trinajstić information content (AvgIpc) is 3.08. The first-order valence-corrected chi connectivity index (χ1v) is 10.7. The van der Waals surface area contributed by atoms with E-state index in [1.807, 2.05) is 0 Å². The van der Waals surface area contributed by atoms with E-state index in [4.69, 9.17) is 0 Å². The number of halogens is 1. The molecule has 0 spiro atoms. The van der Waals surface area contributed by atoms with E-state index in [1.54, 1.807) is 36.4 Å². The summed E-state index contributed by atoms with van der Waals surface area (Å²) in [5, 5.41) is 11.3. The molecule has 3 aromatic carbocycles. The summed E-state index contributed by atoms with van der Waals surface area (Å²) in [5.41, 5.74) is 0.720. The average molecular weight is 464 g/mol. The van der Waals surface area contributed by atoms with Gasteiger partial charge in [-0.3, -0.25) is 14.4 Å². The molecule has 9 heteroatoms. The van der Waals surface area contributed by atoms with Gasteiger partial charge in [0.2, 0.25) is 11.8 Å². The van der Waals surface area contributed by atoms with E-state index in [-0.39, 0.29) is 29.4 Å². The molecule has 1 aliphatic heterocycles. The number of thioether (sulfide) groups is 1. The lowest BCUT2D eigenvalue weighted by Crippen LogP contribution is -2.31. The van der Waals surface area contributed by atoms with Crippen molar-refractivity contribution >= 4 is 46.8 Å². The van der Waals surface area contributed by atoms with Crippen LogP contribution in [0.1, 0.15) is 27.1 Å². The molecule has 1 saturated heterocycles. The zero-order chi connectivity index (χ0) is 23.5. The maximum Gasteiger partial charge on any atom is 0.336 e. The van der Waals surface area contributed by atoms with Crippen LogP contribution in [0.15, 0.2) is 77.7 Å². The Labute approximate surface area is 192 Å². The van der Waals surface area contributed by atoms with Gasteiger partial charge in [0.05, 0.1) is 22.1 Å². The number of anilines is 2. The number of rotatable bonds is 6. The number of hydrogen-bond acceptors (Lipinski definition) is 5. The summed E-state index contributed by atoms with van der Waals surface area (Å²) >= 11 is 1.22. The summed E-state index contributed by atoms with van der Waals surface area (Å²) in [5.74, 6) is -2.94. The molecule has 0 saturated carbocycles. The first-order chi connectivity index (χ1) is 15.8. The molecular weight excluding hydrogens is 447 g/mol. The van der Waals surface area contributed by atoms with E-state index in [2.05, 4.69) is 5.32 Å². The number of aromatic carboxylic acids is 1. The van der Waals surface area contributed by atoms with Gasteiger partial charge in [0.25, 0.3) is 5.91 Å². The molecule has 0 radical (unpaired) electrons. The summed E-state index contributed by atoms with van der Waals surface area (Å²) in [4.78, 5) is 50.7. The molecule has 0 bridgehead atoms. The zero-order valence-electron chi connectivity index (χ0n) is 17.0. The smallest absolute Gasteiger partial charge is 0.336 e. The Bertz CT molecular complexity index is 1240. The highest BCUT2D eigenvalue weighted by Gasteiger charge is 2.40. The Morgan fingerprint density at radius 2 is 1.58 bits per heavy atom. The van der Waals surface area contributed by atoms with Gasteiger partial charge in [-0.15, -0.1) is 11.8 Å². The fourth-order valence-electron chi connectivity index (χ4n) is 3.40. The molecule has 33 heavy (non-hydrogen) atoms. The van der Waals surface area contributed by atoms with Crippen LogP contribution in [-0.2, 0) is 9.59 Å². The highest BCUT2D eigenvalue weighted by Crippen LogP contribution is 2.34. The molecule has 0 aliphatic carbocycles. The standard InChI is InChI=1S/C24H17FN2O5S/c25-14-5-9-16(10-6-14)27-21(28)13-20(23(27)30)33-17-11-7-15(8-12-17)26-22(29)18-3-1-2-4-19(18)24(31)32/h1-12,20H,13H2,(H,26,29)(H,31,32). The van der Waals surface area contributed by atoms with Gasteiger partial charge in [0, 0.05) is 17.0 Å². The monoisotopic (exact) mass is 464 g/mol. The molecule has 1 atom stereocenters. The lowest BCUT2D eigenvalue weighted by molar-refractivity contribution is -0.121. The molecule has 166 valence electrons. The van der Waals surface area contributed by atoms with Crippen LogP contribution in [0.3, 0.4) is 0 Å². The topological polar surface area (TPSA) is 104 Å². The van der Waals surface area contributed by atoms with Crippen LogP contribution < -0.4 is 10.2 Å². The van der Waals surface area contributed by atoms with Crippen molar-refractivity contribution in [2.75, 3.05) is 10.2 Å². The number of carbonyl (C=O) groups excluding carboxylic acids is 3. The Balaban J connectivity index is 1.42. The van der Waals surface area contributed by atoms with Crippen LogP contribution in [-0.4, -0.2) is 34.0 Å². The molecule has 3 aromatic rings. The fourth-order valence-corrected chi connectivity index (χ4v) is 4.46. The van der Waals surface area contributed by atoms with Crippen molar-refractivity contribution in [2.45, 2.75) is 16.6 Å². The molecule has 0 aromatic heterocycles. The highest BCUT2D eigenvalue weighted by molar-refractivity contribution is 8.00. The van der Waals surface area contributed by atoms with Crippen molar-refractivity contribution in [1.82, 2.24) is 0 Å². The number of hydrogen-bond donors (Lipinski definition) is 2. The number of nitrogens with zero attached hydrogens (tertiary/aromatic N) is 1. The van der Waals surface area contributed by atoms with Crippen LogP contribution in [0.4, 0.5) is 15.8 Å². The maximum absolute atomic E-state index is 13.2. The highest BCUT2D eigenvalue weighted by atomic mass is 32.2. The van der Waals surface area contributed by atoms with Gasteiger partial charge in [0.15, 0.2) is 0 Å². The number of carboxylic acid groups (broad SMARTS) is 1. The summed E-state index contributed by atoms with van der Waals surface area (Å²) in [6.07, 6.45) is 0.0192. The van der Waals surface area contributed by atoms with Crippen molar-refractivity contribution in [3.8, 4) is 0 Å². The zero-order valence-corrected chi connectivity index (χ0v) is 17.8. The van der Waals surface area contributed by atoms with Crippen molar-refractivity contribution < 1.29 is 28.7 Å². The molecule has 7 nitrogen and oxygen atoms in total. The summed E-state index contributed by atoms with van der Waals surface area (Å²) < 4.78 is 13.2. The summed E-state index contributed by atoms with van der Waals surface area (Å²) in [7, 11) is 0. The van der Waals surface area contributed by atoms with E-state index in [9.17, 15) is 28.7 Å². The molecular formula is C24H17FN2O5S. The Hall–Kier alpha value is -3.98. The van der Waals surface area contributed by atoms with Gasteiger partial charge in [-0.1, -0.05) is 12.1 Å². The minimum atomic E-state index is -1.20. The number of carbonyl (C=O) groups is 4. The van der Waals surface area contributed by atoms with Gasteiger partial charge in [0.1, 0.15) is 5.82 Å². The predicted molar refractivity (Wildman–Crippen MR) is 121 cm³/mol. The molecule has 1 unspecified atom stereocenters. The molecule has 1 fully saturated rings. The van der Waals surface area contributed by atoms with E-state index < -0.39 is 22.9 Å². The van der Waals surface area contributed by atoms with E-state index in [0.29, 0.717) is 16.3 Å². The number of imide groups is 1. The van der Waals surface area contributed by atoms with Gasteiger partial charge in [-0.2, -0.15) is 0 Å². The minimum absolute atomic E-state index is 0.0192. The first-order valence-electron chi connectivity index (χ1n) is 9.86. The molecule has 3 amide bonds. The van der Waals surface area contributed by atoms with Crippen LogP contribution in [0.25, 0.3) is 0 Å². The quantitative estimate of drug-likeness (QED) is 0.530. The second-order valence-electron chi connectivity index (χ2n) is 7.18. The van der Waals surface area contributed by atoms with E-state index in [0.717, 1.165) is 4.90 Å². The van der Waals surface area contributed by atoms with Crippen molar-refractivity contribution in [3.05, 3.63) is 89.7 Å². The Morgan fingerprint density at radius 3 is 2.21 bits per heavy atom. The lowest BCUT2D eigenvalue weighted by atomic mass is 10.1. The SMILES string of the molecule is O=C(O)c1ccccc1C(=O)Nc1ccc(SC2CC(=O)N(c3ccc(F)cc3)C2=O)cc1. The maximum atomic E-state index is 13.2. The number of nitrogens with one attached hydrogen (secondary N) is 1. The van der Waals surface area contributed by atoms with Crippen LogP contribution in [0, 0.1) is 5.82 Å². The second kappa shape index (κ2) is 9.25. The van der Waals surface area contributed by atoms with Crippen LogP contribution in [0.2, 0.25) is 0 Å². The minimum Gasteiger partial charge on any atom is -0.478 e. The molecule has 2 N–H and O–H groups in total. The third-order valence-electron chi connectivity index (χ3n) is 4.98. The summed E-state index contributed by atoms with van der Waals surface area (Å²) in [6.45, 7) is 0. The number of benzene rings is 3. The second-order valence-corrected chi connectivity index (χ2v) is 8.46. The summed E-state index contributed by atoms with van der Waals surface area (Å²) in [6, 6.07) is 17.7. The molecule has 1 aliphatic rings. The third-order valence-corrected chi connectivity index (χ3v) is 6.18. The number of carboxylic acids is 1. The number of amides is 3. The molecule has 4 rings (SSSR count). The Morgan fingerprint density at radius 1 is 0.939 bits per heavy atom. The van der Waals surface area contributed by atoms with Crippen molar-refractivity contribution in [3.63, 3.8) is 0 Å². The lowest BCUT2D eigenvalue weighted by Gasteiger charge is -2.15. The van der Waals surface area contributed by atoms with Gasteiger partial charge in [-0.05, 0) is 60.7 Å². The van der Waals surface area contributed by atoms with Gasteiger partial charge < -0.3 is 10.4 Å². The third kappa shape index (κ3) is 4.78.